The van der Waals surface area contributed by atoms with E-state index in [1.807, 2.05) is 72.8 Å². The number of alkyl halides is 3. The smallest absolute Gasteiger partial charge is 0.508 e. The van der Waals surface area contributed by atoms with Crippen molar-refractivity contribution in [3.8, 4) is 103 Å². The highest BCUT2D eigenvalue weighted by molar-refractivity contribution is 7.88. The summed E-state index contributed by atoms with van der Waals surface area (Å²) >= 11 is 0. The molecule has 0 aromatic heterocycles. The number of benzene rings is 9. The van der Waals surface area contributed by atoms with E-state index in [4.69, 9.17) is 41.5 Å². The number of ether oxygens (including phenoxy) is 7. The second-order valence-electron chi connectivity index (χ2n) is 18.8. The molecular weight excluding hydrogens is 1090 g/mol. The number of phenols is 1. The van der Waals surface area contributed by atoms with Crippen LogP contribution in [0.1, 0.15) is 0 Å². The monoisotopic (exact) mass is 1120 g/mol. The van der Waals surface area contributed by atoms with Gasteiger partial charge in [0, 0.05) is 71.7 Å². The van der Waals surface area contributed by atoms with Gasteiger partial charge in [-0.2, -0.15) is 21.6 Å². The Morgan fingerprint density at radius 2 is 0.617 bits per heavy atom. The van der Waals surface area contributed by atoms with E-state index in [2.05, 4.69) is 19.7 Å². The van der Waals surface area contributed by atoms with Gasteiger partial charge in [-0.3, -0.25) is 0 Å². The van der Waals surface area contributed by atoms with Crippen LogP contribution >= 0.6 is 0 Å². The zero-order valence-corrected chi connectivity index (χ0v) is 42.8. The van der Waals surface area contributed by atoms with Crippen molar-refractivity contribution in [2.24, 2.45) is 0 Å². The highest BCUT2D eigenvalue weighted by Crippen LogP contribution is 2.44. The molecule has 8 aliphatic rings. The molecule has 8 aliphatic heterocycles. The normalized spacial score (nSPS) is 14.6. The third-order valence-corrected chi connectivity index (χ3v) is 16.0. The Bertz CT molecular complexity index is 4110. The van der Waals surface area contributed by atoms with Crippen LogP contribution in [-0.4, -0.2) is 70.1 Å². The molecule has 0 unspecified atom stereocenters. The number of rotatable bonds is 2. The maximum absolute atomic E-state index is 12.9. The van der Waals surface area contributed by atoms with Crippen molar-refractivity contribution >= 4 is 112 Å². The molecule has 9 aromatic carbocycles. The zero-order chi connectivity index (χ0) is 55.7. The zero-order valence-electron chi connectivity index (χ0n) is 41.2. The van der Waals surface area contributed by atoms with Crippen LogP contribution in [0.25, 0.3) is 0 Å². The second-order valence-corrected chi connectivity index (χ2v) is 21.5. The quantitative estimate of drug-likeness (QED) is 0.136. The molecule has 0 spiro atoms. The lowest BCUT2D eigenvalue weighted by atomic mass is 9.34. The van der Waals surface area contributed by atoms with Crippen molar-refractivity contribution in [3.63, 3.8) is 0 Å². The van der Waals surface area contributed by atoms with Crippen LogP contribution in [-0.2, 0) is 20.5 Å². The minimum Gasteiger partial charge on any atom is -0.508 e. The van der Waals surface area contributed by atoms with Gasteiger partial charge in [-0.15, -0.1) is 8.42 Å². The Morgan fingerprint density at radius 3 is 0.914 bits per heavy atom. The highest BCUT2D eigenvalue weighted by atomic mass is 32.3. The Balaban J connectivity index is 0.000000107. The number of hydrogen-bond donors (Lipinski definition) is 1. The fourth-order valence-electron chi connectivity index (χ4n) is 11.3. The predicted octanol–water partition coefficient (Wildman–Crippen LogP) is 5.16. The average Bonchev–Trinajstić information content (AvgIpc) is 3.62. The third kappa shape index (κ3) is 8.01. The number of fused-ring (bicyclic) bond motifs is 4. The van der Waals surface area contributed by atoms with E-state index in [0.29, 0.717) is 50.9 Å². The van der Waals surface area contributed by atoms with Crippen molar-refractivity contribution in [2.75, 3.05) is 0 Å². The van der Waals surface area contributed by atoms with Crippen molar-refractivity contribution < 1.29 is 80.8 Å². The Hall–Kier alpha value is -9.14. The first kappa shape index (κ1) is 50.1. The molecule has 5 radical (unpaired) electrons. The summed E-state index contributed by atoms with van der Waals surface area (Å²) < 4.78 is 144. The van der Waals surface area contributed by atoms with E-state index >= 15 is 0 Å². The van der Waals surface area contributed by atoms with Gasteiger partial charge in [0.05, 0.1) is 0 Å². The van der Waals surface area contributed by atoms with E-state index in [-0.39, 0.29) is 53.1 Å². The van der Waals surface area contributed by atoms with Crippen LogP contribution in [0.4, 0.5) is 13.2 Å². The second kappa shape index (κ2) is 18.5. The van der Waals surface area contributed by atoms with Crippen LogP contribution in [0.2, 0.25) is 0 Å². The van der Waals surface area contributed by atoms with Gasteiger partial charge in [-0.1, -0.05) is 54.6 Å². The van der Waals surface area contributed by atoms with Crippen LogP contribution in [0.3, 0.4) is 0 Å². The predicted molar refractivity (Wildman–Crippen MR) is 297 cm³/mol. The molecule has 81 heavy (non-hydrogen) atoms. The Kier molecular flexibility index (Phi) is 11.4. The summed E-state index contributed by atoms with van der Waals surface area (Å²) in [6.07, 6.45) is 0. The van der Waals surface area contributed by atoms with Gasteiger partial charge in [0.15, 0.2) is 0 Å². The molecule has 389 valence electrons. The van der Waals surface area contributed by atoms with E-state index < -0.39 is 38.5 Å². The maximum atomic E-state index is 12.9. The molecule has 0 saturated heterocycles. The summed E-state index contributed by atoms with van der Waals surface area (Å²) in [5.41, 5.74) is 0.580. The van der Waals surface area contributed by atoms with Gasteiger partial charge in [-0.05, 0) is 109 Å². The number of aromatic hydroxyl groups is 1. The van der Waals surface area contributed by atoms with Gasteiger partial charge >= 0.3 is 26.0 Å². The Morgan fingerprint density at radius 1 is 0.395 bits per heavy atom. The summed E-state index contributed by atoms with van der Waals surface area (Å²) in [7, 11) is -0.200. The molecule has 0 atom stereocenters. The van der Waals surface area contributed by atoms with Crippen molar-refractivity contribution in [1.82, 2.24) is 0 Å². The molecule has 8 heterocycles. The van der Waals surface area contributed by atoms with E-state index in [0.717, 1.165) is 69.5 Å². The molecule has 9 aromatic rings. The van der Waals surface area contributed by atoms with Gasteiger partial charge in [0.25, 0.3) is 20.1 Å². The van der Waals surface area contributed by atoms with E-state index in [1.165, 1.54) is 18.2 Å². The fourth-order valence-corrected chi connectivity index (χ4v) is 12.5. The first-order valence-corrected chi connectivity index (χ1v) is 27.3. The van der Waals surface area contributed by atoms with E-state index in [9.17, 15) is 35.1 Å². The SMILES string of the molecule is O=S(=O)(Oc1cccc2c1B1c3c(O)cccc3Oc3cccc(c31)O2)C(F)(F)F.O=S1(=O)Oc2cccc3c2B2c4c(cccc4Oc4cccc(c42)O1)O3.[B][B][B].c1cc2c3c(c1)Oc1cccc4c1B3c1c(cccc1O4)O2. The standard InChI is InChI=1S/C19H10BF3O6S.C18H9BO6S.C18H9BO3.B3/c21-19(22,23)30(25,26)29-15-9-3-8-14-18(15)20-16-10(24)4-1-5-11(16)27-12-6-2-7-13(28-14)17(12)20;20-26(21)24-14-8-2-6-12-17(14)19-16-10(22-12)4-1-5-11(16)23-13-7-3-9-15(25-26)18(13)19;1-4-10-16-11(5-1)21-13-7-3-9-15-18(13)19(16)17-12(20-10)6-2-8-14(17)22-15;1-3-2/h1-9,24H;1-9H;1-9H;. The van der Waals surface area contributed by atoms with Crippen molar-refractivity contribution in [3.05, 3.63) is 164 Å². The number of phenolic OH excluding ortho intramolecular Hbond substituents is 1. The molecule has 0 fully saturated rings. The fraction of sp³-hybridized carbons (Fsp3) is 0.0182. The third-order valence-electron chi connectivity index (χ3n) is 14.3. The lowest BCUT2D eigenvalue weighted by Crippen LogP contribution is -2.59. The number of hydrogen-bond acceptors (Lipinski definition) is 15. The molecule has 0 bridgehead atoms. The average molecular weight is 1110 g/mol. The summed E-state index contributed by atoms with van der Waals surface area (Å²) in [5, 5.41) is 10.5. The topological polar surface area (TPSA) is 181 Å². The van der Waals surface area contributed by atoms with Crippen LogP contribution < -0.4 is 94.9 Å². The molecule has 26 heteroatoms. The summed E-state index contributed by atoms with van der Waals surface area (Å²) in [6, 6.07) is 47.1. The molecular formula is C55H28B6F3O15S2. The molecule has 17 rings (SSSR count). The van der Waals surface area contributed by atoms with Crippen LogP contribution in [0.15, 0.2) is 164 Å². The minimum absolute atomic E-state index is 0.0383. The largest absolute Gasteiger partial charge is 0.534 e. The molecule has 1 N–H and O–H groups in total. The Labute approximate surface area is 463 Å². The van der Waals surface area contributed by atoms with Crippen molar-refractivity contribution in [2.45, 2.75) is 5.51 Å². The van der Waals surface area contributed by atoms with Gasteiger partial charge in [0.2, 0.25) is 0 Å². The lowest BCUT2D eigenvalue weighted by Gasteiger charge is -2.37. The van der Waals surface area contributed by atoms with Crippen molar-refractivity contribution in [1.29, 1.82) is 0 Å². The molecule has 0 aliphatic carbocycles. The first-order chi connectivity index (χ1) is 39.1. The molecule has 0 amide bonds. The summed E-state index contributed by atoms with van der Waals surface area (Å²) in [5.74, 6) is 8.45. The van der Waals surface area contributed by atoms with Gasteiger partial charge < -0.3 is 50.8 Å². The minimum atomic E-state index is -5.92. The first-order valence-electron chi connectivity index (χ1n) is 24.6. The summed E-state index contributed by atoms with van der Waals surface area (Å²) in [4.78, 5) is 0. The van der Waals surface area contributed by atoms with Gasteiger partial charge in [-0.25, -0.2) is 0 Å². The van der Waals surface area contributed by atoms with Crippen LogP contribution in [0.5, 0.6) is 103 Å². The summed E-state index contributed by atoms with van der Waals surface area (Å²) in [6.45, 7) is -1.05. The highest BCUT2D eigenvalue weighted by Gasteiger charge is 2.52. The van der Waals surface area contributed by atoms with Crippen LogP contribution in [0, 0.1) is 0 Å². The lowest BCUT2D eigenvalue weighted by molar-refractivity contribution is -0.0499. The molecule has 0 saturated carbocycles. The molecule has 15 nitrogen and oxygen atoms in total. The number of halogens is 3. The maximum Gasteiger partial charge on any atom is 0.534 e. The van der Waals surface area contributed by atoms with E-state index in [1.54, 1.807) is 66.7 Å². The van der Waals surface area contributed by atoms with Gasteiger partial charge in [0.1, 0.15) is 103 Å².